The summed E-state index contributed by atoms with van der Waals surface area (Å²) in [5.41, 5.74) is 0. The molecule has 0 saturated heterocycles. The average Bonchev–Trinajstić information content (AvgIpc) is 2.51. The van der Waals surface area contributed by atoms with Crippen LogP contribution < -0.4 is 0 Å². The summed E-state index contributed by atoms with van der Waals surface area (Å²) in [4.78, 5) is 11.4. The van der Waals surface area contributed by atoms with Crippen LogP contribution in [0.2, 0.25) is 0 Å². The third kappa shape index (κ3) is 4.67. The predicted molar refractivity (Wildman–Crippen MR) is 70.4 cm³/mol. The topological polar surface area (TPSA) is 26.3 Å². The van der Waals surface area contributed by atoms with Crippen LogP contribution in [0.4, 0.5) is 57.1 Å². The molecule has 0 bridgehead atoms. The van der Waals surface area contributed by atoms with Gasteiger partial charge in [-0.05, 0) is 5.92 Å². The van der Waals surface area contributed by atoms with Gasteiger partial charge in [-0.3, -0.25) is 4.79 Å². The van der Waals surface area contributed by atoms with Crippen molar-refractivity contribution in [3.05, 3.63) is 0 Å². The van der Waals surface area contributed by atoms with Crippen LogP contribution in [0.25, 0.3) is 0 Å². The van der Waals surface area contributed by atoms with Crippen LogP contribution in [-0.2, 0) is 9.53 Å². The first-order chi connectivity index (χ1) is 12.5. The fourth-order valence-electron chi connectivity index (χ4n) is 1.64. The first-order valence-electron chi connectivity index (χ1n) is 7.61. The Hall–Kier alpha value is -1.44. The third-order valence-corrected chi connectivity index (χ3v) is 4.03. The average molecular weight is 462 g/mol. The molecule has 0 N–H and O–H groups in total. The van der Waals surface area contributed by atoms with Crippen LogP contribution in [-0.4, -0.2) is 48.4 Å². The van der Waals surface area contributed by atoms with E-state index in [0.29, 0.717) is 0 Å². The van der Waals surface area contributed by atoms with Crippen LogP contribution >= 0.6 is 0 Å². The zero-order chi connectivity index (χ0) is 23.9. The molecule has 0 aromatic rings. The lowest BCUT2D eigenvalue weighted by atomic mass is 9.93. The van der Waals surface area contributed by atoms with E-state index < -0.39 is 66.6 Å². The van der Waals surface area contributed by atoms with Gasteiger partial charge in [-0.25, -0.2) is 0 Å². The molecule has 174 valence electrons. The molecule has 29 heavy (non-hydrogen) atoms. The number of esters is 1. The molecule has 0 radical (unpaired) electrons. The van der Waals surface area contributed by atoms with Crippen molar-refractivity contribution in [2.75, 3.05) is 6.61 Å². The smallest absolute Gasteiger partial charge is 0.460 e. The monoisotopic (exact) mass is 462 g/mol. The van der Waals surface area contributed by atoms with Crippen molar-refractivity contribution in [2.24, 2.45) is 11.8 Å². The van der Waals surface area contributed by atoms with Gasteiger partial charge < -0.3 is 4.74 Å². The van der Waals surface area contributed by atoms with E-state index >= 15 is 0 Å². The Balaban J connectivity index is 5.68. The molecule has 0 aromatic heterocycles. The van der Waals surface area contributed by atoms with Crippen molar-refractivity contribution in [3.8, 4) is 0 Å². The van der Waals surface area contributed by atoms with Crippen molar-refractivity contribution in [3.63, 3.8) is 0 Å². The van der Waals surface area contributed by atoms with Gasteiger partial charge in [-0.2, -0.15) is 57.1 Å². The second kappa shape index (κ2) is 8.00. The molecule has 0 aliphatic rings. The number of hydrogen-bond donors (Lipinski definition) is 0. The minimum atomic E-state index is -7.94. The van der Waals surface area contributed by atoms with Crippen molar-refractivity contribution in [2.45, 2.75) is 63.0 Å². The molecule has 0 aromatic carbocycles. The molecule has 0 aliphatic heterocycles. The lowest BCUT2D eigenvalue weighted by Gasteiger charge is -2.39. The van der Waals surface area contributed by atoms with Gasteiger partial charge in [0.05, 0.1) is 18.9 Å². The highest BCUT2D eigenvalue weighted by Gasteiger charge is 2.90. The maximum atomic E-state index is 13.4. The van der Waals surface area contributed by atoms with E-state index in [1.165, 1.54) is 20.8 Å². The Bertz CT molecular complexity index is 581. The molecule has 1 atom stereocenters. The van der Waals surface area contributed by atoms with Gasteiger partial charge in [0.15, 0.2) is 0 Å². The van der Waals surface area contributed by atoms with E-state index in [1.54, 1.807) is 0 Å². The van der Waals surface area contributed by atoms with Gasteiger partial charge >= 0.3 is 41.8 Å². The quantitative estimate of drug-likeness (QED) is 0.313. The van der Waals surface area contributed by atoms with Gasteiger partial charge in [-0.15, -0.1) is 0 Å². The highest BCUT2D eigenvalue weighted by atomic mass is 19.4. The summed E-state index contributed by atoms with van der Waals surface area (Å²) in [6.45, 7) is 2.40. The van der Waals surface area contributed by atoms with E-state index in [0.717, 1.165) is 0 Å². The first-order valence-corrected chi connectivity index (χ1v) is 7.61. The van der Waals surface area contributed by atoms with Crippen molar-refractivity contribution in [1.29, 1.82) is 0 Å². The number of carbonyl (C=O) groups is 1. The largest absolute Gasteiger partial charge is 0.465 e. The fourth-order valence-corrected chi connectivity index (χ4v) is 1.64. The molecule has 1 unspecified atom stereocenters. The summed E-state index contributed by atoms with van der Waals surface area (Å²) in [5.74, 6) is -39.8. The summed E-state index contributed by atoms with van der Waals surface area (Å²) in [5, 5.41) is 0. The number of ether oxygens (including phenoxy) is 1. The van der Waals surface area contributed by atoms with Crippen LogP contribution in [0, 0.1) is 11.8 Å². The molecule has 2 nitrogen and oxygen atoms in total. The van der Waals surface area contributed by atoms with E-state index in [4.69, 9.17) is 0 Å². The Kier molecular flexibility index (Phi) is 7.61. The SMILES string of the molecule is CC(C)C(C)C(=O)OCCC(F)(F)C(F)(F)C(F)(F)C(F)(F)C(F)(F)C(F)(F)F. The van der Waals surface area contributed by atoms with Crippen LogP contribution in [0.3, 0.4) is 0 Å². The zero-order valence-corrected chi connectivity index (χ0v) is 14.8. The lowest BCUT2D eigenvalue weighted by Crippen LogP contribution is -2.70. The standard InChI is InChI=1S/C14H15F13O2/c1-6(2)7(3)8(28)29-5-4-9(15,16)10(17,18)11(19,20)12(21,22)13(23,24)14(25,26)27/h6-7H,4-5H2,1-3H3. The molecule has 0 rings (SSSR count). The molecular formula is C14H15F13O2. The molecule has 0 aliphatic carbocycles. The van der Waals surface area contributed by atoms with Crippen LogP contribution in [0.15, 0.2) is 0 Å². The van der Waals surface area contributed by atoms with Gasteiger partial charge in [0, 0.05) is 0 Å². The minimum Gasteiger partial charge on any atom is -0.465 e. The molecule has 0 spiro atoms. The number of hydrogen-bond acceptors (Lipinski definition) is 2. The molecule has 0 amide bonds. The maximum absolute atomic E-state index is 13.4. The Morgan fingerprint density at radius 2 is 1.07 bits per heavy atom. The zero-order valence-electron chi connectivity index (χ0n) is 14.8. The van der Waals surface area contributed by atoms with Crippen molar-refractivity contribution < 1.29 is 66.6 Å². The maximum Gasteiger partial charge on any atom is 0.460 e. The van der Waals surface area contributed by atoms with Gasteiger partial charge in [0.25, 0.3) is 0 Å². The lowest BCUT2D eigenvalue weighted by molar-refractivity contribution is -0.440. The van der Waals surface area contributed by atoms with Crippen LogP contribution in [0.5, 0.6) is 0 Å². The molecule has 0 heterocycles. The van der Waals surface area contributed by atoms with E-state index in [9.17, 15) is 61.9 Å². The van der Waals surface area contributed by atoms with Gasteiger partial charge in [-0.1, -0.05) is 20.8 Å². The highest BCUT2D eigenvalue weighted by molar-refractivity contribution is 5.72. The predicted octanol–water partition coefficient (Wildman–Crippen LogP) is 5.95. The van der Waals surface area contributed by atoms with Gasteiger partial charge in [0.2, 0.25) is 0 Å². The van der Waals surface area contributed by atoms with Crippen molar-refractivity contribution in [1.82, 2.24) is 0 Å². The third-order valence-electron chi connectivity index (χ3n) is 4.03. The molecule has 15 heteroatoms. The molecule has 0 fully saturated rings. The van der Waals surface area contributed by atoms with E-state index in [2.05, 4.69) is 4.74 Å². The van der Waals surface area contributed by atoms with Gasteiger partial charge in [0.1, 0.15) is 0 Å². The second-order valence-electron chi connectivity index (χ2n) is 6.45. The normalized spacial score (nSPS) is 16.2. The summed E-state index contributed by atoms with van der Waals surface area (Å²) in [7, 11) is 0. The Labute approximate surface area is 155 Å². The number of alkyl halides is 13. The number of carbonyl (C=O) groups excluding carboxylic acids is 1. The number of halogens is 13. The Morgan fingerprint density at radius 1 is 0.690 bits per heavy atom. The summed E-state index contributed by atoms with van der Waals surface area (Å²) >= 11 is 0. The summed E-state index contributed by atoms with van der Waals surface area (Å²) in [6, 6.07) is 0. The van der Waals surface area contributed by atoms with Crippen LogP contribution in [0.1, 0.15) is 27.2 Å². The second-order valence-corrected chi connectivity index (χ2v) is 6.45. The molecule has 0 saturated carbocycles. The minimum absolute atomic E-state index is 0.433. The fraction of sp³-hybridized carbons (Fsp3) is 0.929. The van der Waals surface area contributed by atoms with Crippen molar-refractivity contribution >= 4 is 5.97 Å². The van der Waals surface area contributed by atoms with E-state index in [-0.39, 0.29) is 0 Å². The highest BCUT2D eigenvalue weighted by Crippen LogP contribution is 2.60. The first kappa shape index (κ1) is 27.6. The van der Waals surface area contributed by atoms with E-state index in [1.807, 2.05) is 0 Å². The summed E-state index contributed by atoms with van der Waals surface area (Å²) < 4.78 is 171. The summed E-state index contributed by atoms with van der Waals surface area (Å²) in [6.07, 6.45) is -10.0. The number of rotatable bonds is 9. The Morgan fingerprint density at radius 3 is 1.41 bits per heavy atom. The molecular weight excluding hydrogens is 447 g/mol.